The van der Waals surface area contributed by atoms with Crippen molar-refractivity contribution in [2.45, 2.75) is 21.1 Å². The predicted molar refractivity (Wildman–Crippen MR) is 100 cm³/mol. The average molecular weight is 383 g/mol. The van der Waals surface area contributed by atoms with Gasteiger partial charge in [-0.1, -0.05) is 30.0 Å². The minimum Gasteiger partial charge on any atom is -0.338 e. The summed E-state index contributed by atoms with van der Waals surface area (Å²) < 4.78 is 26.9. The number of halogens is 1. The van der Waals surface area contributed by atoms with Crippen molar-refractivity contribution in [1.29, 1.82) is 0 Å². The molecule has 1 heterocycles. The summed E-state index contributed by atoms with van der Waals surface area (Å²) in [5.41, 5.74) is 1.78. The summed E-state index contributed by atoms with van der Waals surface area (Å²) in [7, 11) is -0.419. The van der Waals surface area contributed by atoms with E-state index in [4.69, 9.17) is 11.6 Å². The fraction of sp³-hybridized carbons (Fsp3) is 0.294. The van der Waals surface area contributed by atoms with Crippen LogP contribution in [-0.4, -0.2) is 39.2 Å². The van der Waals surface area contributed by atoms with Crippen molar-refractivity contribution in [3.63, 3.8) is 0 Å². The highest BCUT2D eigenvalue weighted by Crippen LogP contribution is 2.50. The summed E-state index contributed by atoms with van der Waals surface area (Å²) in [6.45, 7) is 0.675. The summed E-state index contributed by atoms with van der Waals surface area (Å²) in [5, 5.41) is 0. The predicted octanol–water partition coefficient (Wildman–Crippen LogP) is 4.17. The quantitative estimate of drug-likeness (QED) is 0.728. The fourth-order valence-corrected chi connectivity index (χ4v) is 5.13. The molecule has 0 aromatic heterocycles. The number of benzene rings is 2. The molecule has 2 aromatic rings. The lowest BCUT2D eigenvalue weighted by atomic mass is 10.2. The van der Waals surface area contributed by atoms with Crippen LogP contribution in [0, 0.1) is 0 Å². The third-order valence-electron chi connectivity index (χ3n) is 3.88. The molecule has 0 saturated heterocycles. The van der Waals surface area contributed by atoms with Crippen LogP contribution in [-0.2, 0) is 10.0 Å². The monoisotopic (exact) mass is 382 g/mol. The molecule has 1 aliphatic rings. The molecule has 1 aliphatic heterocycles. The Morgan fingerprint density at radius 1 is 1.08 bits per heavy atom. The van der Waals surface area contributed by atoms with Crippen LogP contribution in [0.3, 0.4) is 0 Å². The lowest BCUT2D eigenvalue weighted by Gasteiger charge is -2.34. The van der Waals surface area contributed by atoms with E-state index in [0.717, 1.165) is 27.6 Å². The molecule has 0 bridgehead atoms. The van der Waals surface area contributed by atoms with Crippen LogP contribution in [0.2, 0.25) is 0 Å². The molecule has 7 heteroatoms. The molecule has 0 amide bonds. The van der Waals surface area contributed by atoms with Crippen molar-refractivity contribution in [2.75, 3.05) is 31.4 Å². The molecule has 0 radical (unpaired) electrons. The molecule has 0 N–H and O–H groups in total. The van der Waals surface area contributed by atoms with Gasteiger partial charge in [-0.3, -0.25) is 0 Å². The molecule has 0 atom stereocenters. The number of sulfonamides is 1. The lowest BCUT2D eigenvalue weighted by molar-refractivity contribution is 0.520. The first-order valence-corrected chi connectivity index (χ1v) is 10.4. The number of fused-ring (bicyclic) bond motifs is 2. The van der Waals surface area contributed by atoms with Gasteiger partial charge in [-0.05, 0) is 30.7 Å². The minimum atomic E-state index is -3.53. The SMILES string of the molecule is CN(C)S(=O)(=O)c1cccc2c1N(CCCCl)c1ccccc1S2. The largest absolute Gasteiger partial charge is 0.338 e. The normalized spacial score (nSPS) is 13.8. The molecule has 24 heavy (non-hydrogen) atoms. The van der Waals surface area contributed by atoms with Gasteiger partial charge in [-0.15, -0.1) is 11.6 Å². The van der Waals surface area contributed by atoms with Gasteiger partial charge in [0.2, 0.25) is 10.0 Å². The Labute approximate surface area is 152 Å². The Kier molecular flexibility index (Phi) is 5.11. The average Bonchev–Trinajstić information content (AvgIpc) is 2.57. The van der Waals surface area contributed by atoms with Crippen LogP contribution >= 0.6 is 23.4 Å². The smallest absolute Gasteiger partial charge is 0.244 e. The Morgan fingerprint density at radius 3 is 2.50 bits per heavy atom. The van der Waals surface area contributed by atoms with E-state index >= 15 is 0 Å². The number of para-hydroxylation sites is 2. The standard InChI is InChI=1S/C17H19ClN2O2S2/c1-19(2)24(21,22)16-10-5-9-15-17(16)20(12-6-11-18)13-7-3-4-8-14(13)23-15/h3-5,7-10H,6,11-12H2,1-2H3. The van der Waals surface area contributed by atoms with Crippen molar-refractivity contribution >= 4 is 44.8 Å². The zero-order chi connectivity index (χ0) is 17.3. The first kappa shape index (κ1) is 17.6. The molecule has 128 valence electrons. The Hall–Kier alpha value is -1.21. The van der Waals surface area contributed by atoms with E-state index in [9.17, 15) is 8.42 Å². The summed E-state index contributed by atoms with van der Waals surface area (Å²) >= 11 is 7.50. The second kappa shape index (κ2) is 6.96. The number of rotatable bonds is 5. The van der Waals surface area contributed by atoms with Gasteiger partial charge in [0, 0.05) is 36.3 Å². The third-order valence-corrected chi connectivity index (χ3v) is 7.11. The summed E-state index contributed by atoms with van der Waals surface area (Å²) in [5.74, 6) is 0.531. The number of hydrogen-bond acceptors (Lipinski definition) is 4. The van der Waals surface area contributed by atoms with E-state index in [1.165, 1.54) is 4.31 Å². The zero-order valence-corrected chi connectivity index (χ0v) is 16.0. The Balaban J connectivity index is 2.22. The van der Waals surface area contributed by atoms with Crippen LogP contribution in [0.4, 0.5) is 11.4 Å². The van der Waals surface area contributed by atoms with E-state index in [2.05, 4.69) is 11.0 Å². The van der Waals surface area contributed by atoms with Gasteiger partial charge in [0.1, 0.15) is 4.90 Å². The molecule has 2 aromatic carbocycles. The van der Waals surface area contributed by atoms with E-state index in [1.54, 1.807) is 38.0 Å². The van der Waals surface area contributed by atoms with Crippen LogP contribution in [0.25, 0.3) is 0 Å². The summed E-state index contributed by atoms with van der Waals surface area (Å²) in [6, 6.07) is 13.5. The van der Waals surface area contributed by atoms with Gasteiger partial charge in [-0.25, -0.2) is 12.7 Å². The maximum Gasteiger partial charge on any atom is 0.244 e. The van der Waals surface area contributed by atoms with Crippen molar-refractivity contribution in [2.24, 2.45) is 0 Å². The van der Waals surface area contributed by atoms with Crippen LogP contribution in [0.5, 0.6) is 0 Å². The number of alkyl halides is 1. The topological polar surface area (TPSA) is 40.6 Å². The lowest BCUT2D eigenvalue weighted by Crippen LogP contribution is -2.28. The van der Waals surface area contributed by atoms with Crippen LogP contribution < -0.4 is 4.90 Å². The van der Waals surface area contributed by atoms with Crippen molar-refractivity contribution in [1.82, 2.24) is 4.31 Å². The van der Waals surface area contributed by atoms with E-state index in [-0.39, 0.29) is 0 Å². The minimum absolute atomic E-state index is 0.335. The number of hydrogen-bond donors (Lipinski definition) is 0. The van der Waals surface area contributed by atoms with E-state index in [0.29, 0.717) is 17.3 Å². The fourth-order valence-electron chi connectivity index (χ4n) is 2.71. The third kappa shape index (κ3) is 3.04. The van der Waals surface area contributed by atoms with Gasteiger partial charge >= 0.3 is 0 Å². The maximum absolute atomic E-state index is 12.8. The second-order valence-electron chi connectivity index (χ2n) is 5.65. The Morgan fingerprint density at radius 2 is 1.79 bits per heavy atom. The zero-order valence-electron chi connectivity index (χ0n) is 13.6. The van der Waals surface area contributed by atoms with Gasteiger partial charge in [-0.2, -0.15) is 0 Å². The first-order valence-electron chi connectivity index (χ1n) is 7.62. The van der Waals surface area contributed by atoms with Gasteiger partial charge in [0.25, 0.3) is 0 Å². The van der Waals surface area contributed by atoms with Crippen LogP contribution in [0.15, 0.2) is 57.2 Å². The molecule has 0 fully saturated rings. The Bertz CT molecular complexity index is 853. The van der Waals surface area contributed by atoms with Gasteiger partial charge in [0.05, 0.1) is 11.4 Å². The highest BCUT2D eigenvalue weighted by molar-refractivity contribution is 7.99. The van der Waals surface area contributed by atoms with Crippen LogP contribution in [0.1, 0.15) is 6.42 Å². The molecule has 3 rings (SSSR count). The van der Waals surface area contributed by atoms with Gasteiger partial charge < -0.3 is 4.90 Å². The van der Waals surface area contributed by atoms with Crippen molar-refractivity contribution < 1.29 is 8.42 Å². The van der Waals surface area contributed by atoms with Gasteiger partial charge in [0.15, 0.2) is 0 Å². The van der Waals surface area contributed by atoms with E-state index in [1.807, 2.05) is 24.3 Å². The molecule has 0 aliphatic carbocycles. The highest BCUT2D eigenvalue weighted by atomic mass is 35.5. The maximum atomic E-state index is 12.8. The van der Waals surface area contributed by atoms with E-state index < -0.39 is 10.0 Å². The molecular weight excluding hydrogens is 364 g/mol. The molecule has 0 saturated carbocycles. The number of nitrogens with zero attached hydrogens (tertiary/aromatic N) is 2. The molecule has 0 spiro atoms. The first-order chi connectivity index (χ1) is 11.5. The van der Waals surface area contributed by atoms with Crippen molar-refractivity contribution in [3.8, 4) is 0 Å². The second-order valence-corrected chi connectivity index (χ2v) is 9.24. The van der Waals surface area contributed by atoms with Crippen molar-refractivity contribution in [3.05, 3.63) is 42.5 Å². The number of anilines is 2. The highest BCUT2D eigenvalue weighted by Gasteiger charge is 2.31. The molecular formula is C17H19ClN2O2S2. The summed E-state index contributed by atoms with van der Waals surface area (Å²) in [4.78, 5) is 4.49. The summed E-state index contributed by atoms with van der Waals surface area (Å²) in [6.07, 6.45) is 0.774. The molecule has 0 unspecified atom stereocenters. The molecule has 4 nitrogen and oxygen atoms in total.